The number of carboxylic acids is 1. The van der Waals surface area contributed by atoms with E-state index in [9.17, 15) is 24.0 Å². The molecule has 2 aromatic rings. The number of amides is 2. The molecular formula is C19H24N4O7. The predicted octanol–water partition coefficient (Wildman–Crippen LogP) is 0.128. The van der Waals surface area contributed by atoms with Gasteiger partial charge in [0.1, 0.15) is 18.7 Å². The van der Waals surface area contributed by atoms with Gasteiger partial charge < -0.3 is 20.1 Å². The van der Waals surface area contributed by atoms with Gasteiger partial charge in [0, 0.05) is 13.1 Å². The molecule has 3 N–H and O–H groups in total. The van der Waals surface area contributed by atoms with Crippen molar-refractivity contribution < 1.29 is 24.2 Å². The molecule has 0 bridgehead atoms. The molecule has 162 valence electrons. The van der Waals surface area contributed by atoms with Crippen LogP contribution in [0, 0.1) is 0 Å². The first-order valence-corrected chi connectivity index (χ1v) is 9.16. The maximum atomic E-state index is 12.7. The van der Waals surface area contributed by atoms with Crippen molar-refractivity contribution >= 4 is 28.9 Å². The monoisotopic (exact) mass is 420 g/mol. The third-order valence-electron chi connectivity index (χ3n) is 3.93. The first kappa shape index (κ1) is 22.7. The van der Waals surface area contributed by atoms with Crippen LogP contribution in [0.2, 0.25) is 0 Å². The number of hydrogen-bond donors (Lipinski definition) is 3. The Morgan fingerprint density at radius 1 is 1.20 bits per heavy atom. The lowest BCUT2D eigenvalue weighted by atomic mass is 10.2. The van der Waals surface area contributed by atoms with E-state index in [1.54, 1.807) is 32.9 Å². The predicted molar refractivity (Wildman–Crippen MR) is 107 cm³/mol. The van der Waals surface area contributed by atoms with Gasteiger partial charge in [0.25, 0.3) is 5.56 Å². The van der Waals surface area contributed by atoms with Crippen LogP contribution in [0.15, 0.2) is 33.9 Å². The summed E-state index contributed by atoms with van der Waals surface area (Å²) >= 11 is 0. The number of H-pyrrole nitrogens is 1. The van der Waals surface area contributed by atoms with Crippen LogP contribution in [0.5, 0.6) is 0 Å². The van der Waals surface area contributed by atoms with Crippen LogP contribution in [-0.2, 0) is 20.9 Å². The molecular weight excluding hydrogens is 396 g/mol. The van der Waals surface area contributed by atoms with Crippen LogP contribution >= 0.6 is 0 Å². The molecule has 11 nitrogen and oxygen atoms in total. The van der Waals surface area contributed by atoms with Gasteiger partial charge in [-0.3, -0.25) is 23.9 Å². The SMILES string of the molecule is CC(C)(C)OC(=O)NCCN(CC(=O)O)C(=O)Cn1c(=O)[nH]c(=O)c2ccccc21. The van der Waals surface area contributed by atoms with E-state index in [4.69, 9.17) is 9.84 Å². The molecule has 0 aliphatic rings. The molecule has 0 aliphatic carbocycles. The fraction of sp³-hybridized carbons (Fsp3) is 0.421. The van der Waals surface area contributed by atoms with E-state index in [2.05, 4.69) is 10.3 Å². The lowest BCUT2D eigenvalue weighted by Gasteiger charge is -2.23. The third-order valence-corrected chi connectivity index (χ3v) is 3.93. The molecule has 1 heterocycles. The minimum atomic E-state index is -1.25. The first-order chi connectivity index (χ1) is 14.0. The second kappa shape index (κ2) is 9.25. The fourth-order valence-corrected chi connectivity index (χ4v) is 2.70. The van der Waals surface area contributed by atoms with Gasteiger partial charge >= 0.3 is 17.8 Å². The lowest BCUT2D eigenvalue weighted by molar-refractivity contribution is -0.144. The van der Waals surface area contributed by atoms with Crippen LogP contribution in [-0.4, -0.2) is 62.8 Å². The normalized spacial score (nSPS) is 11.2. The van der Waals surface area contributed by atoms with E-state index in [1.165, 1.54) is 12.1 Å². The number of fused-ring (bicyclic) bond motifs is 1. The summed E-state index contributed by atoms with van der Waals surface area (Å²) in [6.45, 7) is 3.83. The van der Waals surface area contributed by atoms with Crippen molar-refractivity contribution in [2.45, 2.75) is 32.9 Å². The quantitative estimate of drug-likeness (QED) is 0.576. The highest BCUT2D eigenvalue weighted by molar-refractivity contribution is 5.84. The Morgan fingerprint density at radius 3 is 2.50 bits per heavy atom. The Kier molecular flexibility index (Phi) is 6.98. The zero-order chi connectivity index (χ0) is 22.5. The van der Waals surface area contributed by atoms with Crippen LogP contribution in [0.3, 0.4) is 0 Å². The number of aromatic nitrogens is 2. The summed E-state index contributed by atoms with van der Waals surface area (Å²) in [7, 11) is 0. The zero-order valence-corrected chi connectivity index (χ0v) is 16.9. The molecule has 0 radical (unpaired) electrons. The number of aromatic amines is 1. The number of nitrogens with one attached hydrogen (secondary N) is 2. The van der Waals surface area contributed by atoms with E-state index < -0.39 is 47.9 Å². The minimum Gasteiger partial charge on any atom is -0.480 e. The van der Waals surface area contributed by atoms with Crippen molar-refractivity contribution in [1.82, 2.24) is 19.8 Å². The molecule has 2 rings (SSSR count). The van der Waals surface area contributed by atoms with Crippen molar-refractivity contribution in [2.75, 3.05) is 19.6 Å². The summed E-state index contributed by atoms with van der Waals surface area (Å²) < 4.78 is 6.15. The van der Waals surface area contributed by atoms with E-state index in [0.717, 1.165) is 9.47 Å². The molecule has 30 heavy (non-hydrogen) atoms. The van der Waals surface area contributed by atoms with Crippen LogP contribution in [0.1, 0.15) is 20.8 Å². The van der Waals surface area contributed by atoms with E-state index in [0.29, 0.717) is 0 Å². The van der Waals surface area contributed by atoms with Crippen LogP contribution in [0.25, 0.3) is 10.9 Å². The standard InChI is InChI=1S/C19H24N4O7/c1-19(2,3)30-18(29)20-8-9-22(11-15(25)26)14(24)10-23-13-7-5-4-6-12(13)16(27)21-17(23)28/h4-7H,8-11H2,1-3H3,(H,20,29)(H,25,26)(H,21,27,28). The van der Waals surface area contributed by atoms with Crippen molar-refractivity contribution in [3.63, 3.8) is 0 Å². The number of carboxylic acid groups (broad SMARTS) is 1. The van der Waals surface area contributed by atoms with Crippen molar-refractivity contribution in [2.24, 2.45) is 0 Å². The molecule has 2 amide bonds. The molecule has 0 aliphatic heterocycles. The Balaban J connectivity index is 2.16. The number of carbonyl (C=O) groups is 3. The van der Waals surface area contributed by atoms with Gasteiger partial charge in [0.05, 0.1) is 10.9 Å². The largest absolute Gasteiger partial charge is 0.480 e. The average molecular weight is 420 g/mol. The molecule has 0 saturated carbocycles. The highest BCUT2D eigenvalue weighted by Crippen LogP contribution is 2.08. The number of nitrogens with zero attached hydrogens (tertiary/aromatic N) is 2. The number of hydrogen-bond acceptors (Lipinski definition) is 6. The summed E-state index contributed by atoms with van der Waals surface area (Å²) in [5.74, 6) is -1.91. The molecule has 11 heteroatoms. The average Bonchev–Trinajstić information content (AvgIpc) is 2.62. The number of ether oxygens (including phenoxy) is 1. The molecule has 0 atom stereocenters. The van der Waals surface area contributed by atoms with Gasteiger partial charge in [-0.25, -0.2) is 9.59 Å². The number of benzene rings is 1. The van der Waals surface area contributed by atoms with Crippen molar-refractivity contribution in [1.29, 1.82) is 0 Å². The Bertz CT molecular complexity index is 1060. The van der Waals surface area contributed by atoms with Gasteiger partial charge in [-0.15, -0.1) is 0 Å². The number of alkyl carbamates (subject to hydrolysis) is 1. The van der Waals surface area contributed by atoms with Gasteiger partial charge in [-0.1, -0.05) is 12.1 Å². The summed E-state index contributed by atoms with van der Waals surface area (Å²) in [5.41, 5.74) is -1.81. The summed E-state index contributed by atoms with van der Waals surface area (Å²) in [6, 6.07) is 6.26. The van der Waals surface area contributed by atoms with E-state index in [-0.39, 0.29) is 24.0 Å². The highest BCUT2D eigenvalue weighted by atomic mass is 16.6. The number of carbonyl (C=O) groups excluding carboxylic acids is 2. The maximum absolute atomic E-state index is 12.7. The zero-order valence-electron chi connectivity index (χ0n) is 16.9. The smallest absolute Gasteiger partial charge is 0.407 e. The second-order valence-electron chi connectivity index (χ2n) is 7.50. The number of para-hydroxylation sites is 1. The Labute approximate surface area is 171 Å². The second-order valence-corrected chi connectivity index (χ2v) is 7.50. The topological polar surface area (TPSA) is 151 Å². The van der Waals surface area contributed by atoms with Crippen molar-refractivity contribution in [3.8, 4) is 0 Å². The first-order valence-electron chi connectivity index (χ1n) is 9.16. The van der Waals surface area contributed by atoms with Gasteiger partial charge in [-0.05, 0) is 32.9 Å². The molecule has 1 aromatic heterocycles. The van der Waals surface area contributed by atoms with Gasteiger partial charge in [0.15, 0.2) is 0 Å². The van der Waals surface area contributed by atoms with Crippen LogP contribution in [0.4, 0.5) is 4.79 Å². The van der Waals surface area contributed by atoms with Gasteiger partial charge in [-0.2, -0.15) is 0 Å². The molecule has 0 fully saturated rings. The summed E-state index contributed by atoms with van der Waals surface area (Å²) in [6.07, 6.45) is -0.701. The maximum Gasteiger partial charge on any atom is 0.407 e. The Morgan fingerprint density at radius 2 is 1.87 bits per heavy atom. The minimum absolute atomic E-state index is 0.0464. The molecule has 0 saturated heterocycles. The summed E-state index contributed by atoms with van der Waals surface area (Å²) in [5, 5.41) is 11.8. The molecule has 1 aromatic carbocycles. The number of aliphatic carboxylic acids is 1. The van der Waals surface area contributed by atoms with E-state index >= 15 is 0 Å². The number of rotatable bonds is 7. The third kappa shape index (κ3) is 6.19. The van der Waals surface area contributed by atoms with Crippen molar-refractivity contribution in [3.05, 3.63) is 45.1 Å². The Hall–Kier alpha value is -3.63. The summed E-state index contributed by atoms with van der Waals surface area (Å²) in [4.78, 5) is 62.8. The molecule has 0 unspecified atom stereocenters. The highest BCUT2D eigenvalue weighted by Gasteiger charge is 2.20. The lowest BCUT2D eigenvalue weighted by Crippen LogP contribution is -2.45. The molecule has 0 spiro atoms. The fourth-order valence-electron chi connectivity index (χ4n) is 2.70. The van der Waals surface area contributed by atoms with Gasteiger partial charge in [0.2, 0.25) is 5.91 Å². The van der Waals surface area contributed by atoms with Crippen LogP contribution < -0.4 is 16.6 Å². The van der Waals surface area contributed by atoms with E-state index in [1.807, 2.05) is 0 Å².